The molecule has 0 aromatic rings. The minimum atomic E-state index is -5.56. The molecular weight excluding hydrogens is 236 g/mol. The molecule has 0 N–H and O–H groups in total. The highest BCUT2D eigenvalue weighted by molar-refractivity contribution is 4.98. The average molecular weight is 242 g/mol. The van der Waals surface area contributed by atoms with Crippen molar-refractivity contribution >= 4 is 0 Å². The molecule has 0 rings (SSSR count). The van der Waals surface area contributed by atoms with Crippen LogP contribution in [-0.4, -0.2) is 6.18 Å². The summed E-state index contributed by atoms with van der Waals surface area (Å²) in [6.07, 6.45) is -10.7. The van der Waals surface area contributed by atoms with Gasteiger partial charge in [-0.1, -0.05) is 0 Å². The van der Waals surface area contributed by atoms with Gasteiger partial charge in [0.15, 0.2) is 0 Å². The molecular formula is C7H6F8. The maximum Gasteiger partial charge on any atom is 0.448 e. The van der Waals surface area contributed by atoms with Crippen LogP contribution in [-0.2, 0) is 0 Å². The summed E-state index contributed by atoms with van der Waals surface area (Å²) >= 11 is 0. The summed E-state index contributed by atoms with van der Waals surface area (Å²) in [5, 5.41) is 0. The van der Waals surface area contributed by atoms with Gasteiger partial charge in [0, 0.05) is 0 Å². The van der Waals surface area contributed by atoms with Gasteiger partial charge in [-0.15, -0.1) is 13.2 Å². The zero-order chi connectivity index (χ0) is 13.2. The van der Waals surface area contributed by atoms with Crippen molar-refractivity contribution in [2.24, 2.45) is 0 Å². The highest BCUT2D eigenvalue weighted by Gasteiger charge is 2.38. The van der Waals surface area contributed by atoms with Crippen molar-refractivity contribution in [3.8, 4) is 0 Å². The maximum absolute atomic E-state index is 11.0. The lowest BCUT2D eigenvalue weighted by atomic mass is 10.6. The van der Waals surface area contributed by atoms with Crippen LogP contribution in [0.1, 0.15) is 0 Å². The zero-order valence-electron chi connectivity index (χ0n) is 7.15. The summed E-state index contributed by atoms with van der Waals surface area (Å²) in [6.45, 7) is 8.22. The van der Waals surface area contributed by atoms with E-state index in [0.717, 1.165) is 0 Å². The minimum Gasteiger partial charge on any atom is -0.196 e. The van der Waals surface area contributed by atoms with Crippen molar-refractivity contribution in [2.75, 3.05) is 0 Å². The molecule has 0 aliphatic carbocycles. The van der Waals surface area contributed by atoms with Crippen LogP contribution in [0, 0.1) is 0 Å². The minimum absolute atomic E-state index is 1.83. The Balaban J connectivity index is -0.000000202. The van der Waals surface area contributed by atoms with Gasteiger partial charge in [0.05, 0.1) is 0 Å². The Hall–Kier alpha value is -1.34. The first-order valence-corrected chi connectivity index (χ1v) is 2.87. The molecule has 0 nitrogen and oxygen atoms in total. The Kier molecular flexibility index (Phi) is 11.8. The van der Waals surface area contributed by atoms with Gasteiger partial charge in [0.25, 0.3) is 11.9 Å². The smallest absolute Gasteiger partial charge is 0.196 e. The quantitative estimate of drug-likeness (QED) is 0.421. The van der Waals surface area contributed by atoms with Crippen molar-refractivity contribution in [3.05, 3.63) is 37.7 Å². The fourth-order valence-electron chi connectivity index (χ4n) is 0.107. The first-order chi connectivity index (χ1) is 6.59. The summed E-state index contributed by atoms with van der Waals surface area (Å²) in [6, 6.07) is 0. The number of rotatable bonds is 0. The third-order valence-electron chi connectivity index (χ3n) is 0.415. The van der Waals surface area contributed by atoms with Crippen LogP contribution in [0.3, 0.4) is 0 Å². The molecule has 15 heavy (non-hydrogen) atoms. The molecule has 0 aliphatic rings. The first-order valence-electron chi connectivity index (χ1n) is 2.87. The second-order valence-corrected chi connectivity index (χ2v) is 1.41. The van der Waals surface area contributed by atoms with E-state index in [1.54, 1.807) is 0 Å². The van der Waals surface area contributed by atoms with Gasteiger partial charge in [0.1, 0.15) is 0 Å². The molecule has 0 aromatic heterocycles. The molecule has 0 aromatic carbocycles. The van der Waals surface area contributed by atoms with E-state index < -0.39 is 24.2 Å². The summed E-state index contributed by atoms with van der Waals surface area (Å²) in [4.78, 5) is 0. The van der Waals surface area contributed by atoms with Gasteiger partial charge in [-0.3, -0.25) is 0 Å². The molecule has 0 bridgehead atoms. The molecule has 0 fully saturated rings. The Bertz CT molecular complexity index is 206. The van der Waals surface area contributed by atoms with E-state index >= 15 is 0 Å². The maximum atomic E-state index is 11.0. The molecule has 0 atom stereocenters. The normalized spacial score (nSPS) is 8.80. The van der Waals surface area contributed by atoms with Crippen LogP contribution in [0.4, 0.5) is 35.1 Å². The molecule has 90 valence electrons. The number of halogens is 8. The number of alkyl halides is 3. The molecule has 0 aliphatic heterocycles. The Morgan fingerprint density at radius 1 is 0.800 bits per heavy atom. The molecule has 8 heteroatoms. The van der Waals surface area contributed by atoms with Gasteiger partial charge in [-0.25, -0.2) is 0 Å². The monoisotopic (exact) mass is 242 g/mol. The number of allylic oxidation sites excluding steroid dienone is 1. The summed E-state index contributed by atoms with van der Waals surface area (Å²) in [7, 11) is 0. The molecule has 0 radical (unpaired) electrons. The van der Waals surface area contributed by atoms with Gasteiger partial charge in [-0.2, -0.15) is 35.1 Å². The van der Waals surface area contributed by atoms with Crippen molar-refractivity contribution in [1.29, 1.82) is 0 Å². The Labute approximate surface area is 80.2 Å². The van der Waals surface area contributed by atoms with Crippen LogP contribution in [0.5, 0.6) is 0 Å². The second-order valence-electron chi connectivity index (χ2n) is 1.41. The highest BCUT2D eigenvalue weighted by atomic mass is 19.4. The van der Waals surface area contributed by atoms with E-state index in [2.05, 4.69) is 19.7 Å². The van der Waals surface area contributed by atoms with E-state index in [1.807, 2.05) is 0 Å². The van der Waals surface area contributed by atoms with E-state index in [0.29, 0.717) is 0 Å². The second kappa shape index (κ2) is 9.22. The number of hydrogen-bond donors (Lipinski definition) is 0. The largest absolute Gasteiger partial charge is 0.448 e. The lowest BCUT2D eigenvalue weighted by molar-refractivity contribution is -0.113. The summed E-state index contributed by atoms with van der Waals surface area (Å²) in [5.74, 6) is -3.33. The molecule has 0 saturated heterocycles. The predicted molar refractivity (Wildman–Crippen MR) is 39.0 cm³/mol. The molecule has 0 amide bonds. The average Bonchev–Trinajstić information content (AvgIpc) is 2.04. The lowest BCUT2D eigenvalue weighted by Gasteiger charge is -1.98. The highest BCUT2D eigenvalue weighted by Crippen LogP contribution is 2.29. The van der Waals surface area contributed by atoms with E-state index in [9.17, 15) is 35.1 Å². The van der Waals surface area contributed by atoms with Crippen LogP contribution < -0.4 is 0 Å². The Morgan fingerprint density at radius 2 is 1.00 bits per heavy atom. The molecule has 0 spiro atoms. The van der Waals surface area contributed by atoms with Gasteiger partial charge < -0.3 is 0 Å². The van der Waals surface area contributed by atoms with Crippen LogP contribution >= 0.6 is 0 Å². The van der Waals surface area contributed by atoms with Crippen molar-refractivity contribution in [1.82, 2.24) is 0 Å². The topological polar surface area (TPSA) is 0 Å². The van der Waals surface area contributed by atoms with Crippen LogP contribution in [0.25, 0.3) is 0 Å². The Morgan fingerprint density at radius 3 is 1.00 bits per heavy atom. The van der Waals surface area contributed by atoms with Crippen molar-refractivity contribution < 1.29 is 35.1 Å². The third kappa shape index (κ3) is 19.2. The van der Waals surface area contributed by atoms with Crippen molar-refractivity contribution in [2.45, 2.75) is 6.18 Å². The van der Waals surface area contributed by atoms with Crippen molar-refractivity contribution in [3.63, 3.8) is 0 Å². The van der Waals surface area contributed by atoms with Gasteiger partial charge in [-0.05, 0) is 6.58 Å². The summed E-state index contributed by atoms with van der Waals surface area (Å²) < 4.78 is 85.1. The fourth-order valence-corrected chi connectivity index (χ4v) is 0.107. The van der Waals surface area contributed by atoms with E-state index in [1.165, 1.54) is 0 Å². The SMILES string of the molecule is C=C.C=C(F)F.FC(F)=C(F)C(F)(F)F. The first kappa shape index (κ1) is 19.3. The number of hydrogen-bond acceptors (Lipinski definition) is 0. The predicted octanol–water partition coefficient (Wildman–Crippen LogP) is 4.83. The van der Waals surface area contributed by atoms with Crippen LogP contribution in [0.2, 0.25) is 0 Å². The van der Waals surface area contributed by atoms with E-state index in [4.69, 9.17) is 0 Å². The molecule has 0 heterocycles. The van der Waals surface area contributed by atoms with Crippen LogP contribution in [0.15, 0.2) is 37.7 Å². The fraction of sp³-hybridized carbons (Fsp3) is 0.143. The van der Waals surface area contributed by atoms with E-state index in [-0.39, 0.29) is 0 Å². The zero-order valence-corrected chi connectivity index (χ0v) is 7.15. The molecule has 0 unspecified atom stereocenters. The lowest BCUT2D eigenvalue weighted by Crippen LogP contribution is -2.08. The van der Waals surface area contributed by atoms with Gasteiger partial charge in [0.2, 0.25) is 0 Å². The third-order valence-corrected chi connectivity index (χ3v) is 0.415. The standard InChI is InChI=1S/C3F6.C2H2F2.C2H4/c4-1(2(5)6)3(7,8)9;1-2(3)4;1-2/h;1H2;1-2H2. The molecule has 0 saturated carbocycles. The summed E-state index contributed by atoms with van der Waals surface area (Å²) in [5.41, 5.74) is 0. The van der Waals surface area contributed by atoms with Gasteiger partial charge >= 0.3 is 12.3 Å².